The summed E-state index contributed by atoms with van der Waals surface area (Å²) < 4.78 is 0. The maximum absolute atomic E-state index is 12.7. The Hall–Kier alpha value is -3.12. The van der Waals surface area contributed by atoms with E-state index in [-0.39, 0.29) is 5.56 Å². The molecule has 3 aromatic rings. The number of nitrogen functional groups attached to an aromatic ring is 1. The van der Waals surface area contributed by atoms with Gasteiger partial charge in [-0.25, -0.2) is 4.98 Å². The zero-order valence-electron chi connectivity index (χ0n) is 16.3. The molecule has 6 nitrogen and oxygen atoms in total. The topological polar surface area (TPSA) is 78.2 Å². The van der Waals surface area contributed by atoms with E-state index in [2.05, 4.69) is 39.0 Å². The Morgan fingerprint density at radius 2 is 1.82 bits per heavy atom. The highest BCUT2D eigenvalue weighted by atomic mass is 16.1. The zero-order chi connectivity index (χ0) is 19.7. The fraction of sp³-hybridized carbons (Fsp3) is 0.273. The van der Waals surface area contributed by atoms with Gasteiger partial charge in [-0.05, 0) is 42.0 Å². The lowest BCUT2D eigenvalue weighted by molar-refractivity contribution is 0.242. The van der Waals surface area contributed by atoms with Crippen LogP contribution in [0.2, 0.25) is 0 Å². The lowest BCUT2D eigenvalue weighted by Crippen LogP contribution is -2.35. The Morgan fingerprint density at radius 1 is 1.11 bits per heavy atom. The number of hydrogen-bond donors (Lipinski definition) is 2. The summed E-state index contributed by atoms with van der Waals surface area (Å²) in [4.78, 5) is 24.7. The van der Waals surface area contributed by atoms with Crippen molar-refractivity contribution in [3.05, 3.63) is 75.7 Å². The van der Waals surface area contributed by atoms with E-state index in [4.69, 9.17) is 10.7 Å². The summed E-state index contributed by atoms with van der Waals surface area (Å²) in [5.74, 6) is 0.608. The summed E-state index contributed by atoms with van der Waals surface area (Å²) in [6.45, 7) is 2.33. The summed E-state index contributed by atoms with van der Waals surface area (Å²) in [7, 11) is 4.07. The van der Waals surface area contributed by atoms with Crippen molar-refractivity contribution in [2.75, 3.05) is 31.3 Å². The molecular formula is C22H25N5O. The van der Waals surface area contributed by atoms with Crippen molar-refractivity contribution in [2.45, 2.75) is 19.5 Å². The van der Waals surface area contributed by atoms with E-state index < -0.39 is 0 Å². The van der Waals surface area contributed by atoms with Gasteiger partial charge < -0.3 is 15.6 Å². The molecule has 1 aliphatic heterocycles. The molecule has 2 heterocycles. The van der Waals surface area contributed by atoms with E-state index in [0.717, 1.165) is 36.3 Å². The van der Waals surface area contributed by atoms with Gasteiger partial charge in [-0.1, -0.05) is 12.1 Å². The standard InChI is InChI=1S/C22H25N5O/c1-26(2)18-9-3-15(4-10-18)13-27-12-11-20-19(14-27)22(28)25-21(24-20)16-5-7-17(23)8-6-16/h3-10H,11-14,23H2,1-2H3,(H,24,25,28). The van der Waals surface area contributed by atoms with Gasteiger partial charge in [0.2, 0.25) is 0 Å². The predicted molar refractivity (Wildman–Crippen MR) is 113 cm³/mol. The maximum Gasteiger partial charge on any atom is 0.255 e. The van der Waals surface area contributed by atoms with E-state index >= 15 is 0 Å². The van der Waals surface area contributed by atoms with Crippen molar-refractivity contribution in [3.8, 4) is 11.4 Å². The minimum Gasteiger partial charge on any atom is -0.399 e. The highest BCUT2D eigenvalue weighted by Gasteiger charge is 2.21. The van der Waals surface area contributed by atoms with Crippen molar-refractivity contribution < 1.29 is 0 Å². The van der Waals surface area contributed by atoms with E-state index in [9.17, 15) is 4.79 Å². The number of fused-ring (bicyclic) bond motifs is 1. The molecule has 0 bridgehead atoms. The second-order valence-electron chi connectivity index (χ2n) is 7.48. The second kappa shape index (κ2) is 7.48. The van der Waals surface area contributed by atoms with Gasteiger partial charge in [0.05, 0.1) is 11.3 Å². The van der Waals surface area contributed by atoms with Crippen LogP contribution < -0.4 is 16.2 Å². The minimum atomic E-state index is -0.0514. The molecule has 0 fully saturated rings. The van der Waals surface area contributed by atoms with Crippen molar-refractivity contribution in [2.24, 2.45) is 0 Å². The summed E-state index contributed by atoms with van der Waals surface area (Å²) >= 11 is 0. The Kier molecular flexibility index (Phi) is 4.88. The van der Waals surface area contributed by atoms with E-state index in [1.54, 1.807) is 0 Å². The Bertz CT molecular complexity index is 1020. The summed E-state index contributed by atoms with van der Waals surface area (Å²) in [6, 6.07) is 15.9. The molecule has 0 unspecified atom stereocenters. The first-order chi connectivity index (χ1) is 13.5. The van der Waals surface area contributed by atoms with Crippen LogP contribution in [0.25, 0.3) is 11.4 Å². The van der Waals surface area contributed by atoms with E-state index in [0.29, 0.717) is 18.1 Å². The van der Waals surface area contributed by atoms with Crippen LogP contribution >= 0.6 is 0 Å². The van der Waals surface area contributed by atoms with Crippen LogP contribution in [0.15, 0.2) is 53.3 Å². The van der Waals surface area contributed by atoms with Gasteiger partial charge >= 0.3 is 0 Å². The second-order valence-corrected chi connectivity index (χ2v) is 7.48. The predicted octanol–water partition coefficient (Wildman–Crippen LogP) is 2.64. The number of nitrogens with one attached hydrogen (secondary N) is 1. The number of nitrogens with zero attached hydrogens (tertiary/aromatic N) is 3. The van der Waals surface area contributed by atoms with Crippen molar-refractivity contribution in [1.29, 1.82) is 0 Å². The van der Waals surface area contributed by atoms with Crippen molar-refractivity contribution >= 4 is 11.4 Å². The number of H-pyrrole nitrogens is 1. The van der Waals surface area contributed by atoms with Gasteiger partial charge in [0.15, 0.2) is 0 Å². The third-order valence-corrected chi connectivity index (χ3v) is 5.19. The molecule has 0 aliphatic carbocycles. The highest BCUT2D eigenvalue weighted by molar-refractivity contribution is 5.58. The molecule has 0 atom stereocenters. The van der Waals surface area contributed by atoms with Gasteiger partial charge in [-0.2, -0.15) is 0 Å². The molecular weight excluding hydrogens is 350 g/mol. The van der Waals surface area contributed by atoms with Gasteiger partial charge in [-0.15, -0.1) is 0 Å². The van der Waals surface area contributed by atoms with Gasteiger partial charge in [0.1, 0.15) is 5.82 Å². The number of anilines is 2. The molecule has 0 saturated carbocycles. The quantitative estimate of drug-likeness (QED) is 0.686. The van der Waals surface area contributed by atoms with E-state index in [1.807, 2.05) is 38.4 Å². The third kappa shape index (κ3) is 3.77. The first kappa shape index (κ1) is 18.3. The molecule has 144 valence electrons. The highest BCUT2D eigenvalue weighted by Crippen LogP contribution is 2.21. The van der Waals surface area contributed by atoms with Crippen LogP contribution in [-0.2, 0) is 19.5 Å². The molecule has 2 aromatic carbocycles. The van der Waals surface area contributed by atoms with E-state index in [1.165, 1.54) is 11.3 Å². The molecule has 0 saturated heterocycles. The number of aromatic nitrogens is 2. The maximum atomic E-state index is 12.7. The molecule has 0 spiro atoms. The fourth-order valence-electron chi connectivity index (χ4n) is 3.55. The normalized spacial score (nSPS) is 13.9. The van der Waals surface area contributed by atoms with Crippen LogP contribution in [0.1, 0.15) is 16.8 Å². The third-order valence-electron chi connectivity index (χ3n) is 5.19. The number of rotatable bonds is 4. The number of benzene rings is 2. The molecule has 28 heavy (non-hydrogen) atoms. The first-order valence-corrected chi connectivity index (χ1v) is 9.46. The Labute approximate surface area is 164 Å². The number of aromatic amines is 1. The first-order valence-electron chi connectivity index (χ1n) is 9.46. The molecule has 6 heteroatoms. The Morgan fingerprint density at radius 3 is 2.50 bits per heavy atom. The Balaban J connectivity index is 1.52. The summed E-state index contributed by atoms with van der Waals surface area (Å²) in [5, 5.41) is 0. The monoisotopic (exact) mass is 375 g/mol. The van der Waals surface area contributed by atoms with Crippen LogP contribution in [0.3, 0.4) is 0 Å². The van der Waals surface area contributed by atoms with Gasteiger partial charge in [0.25, 0.3) is 5.56 Å². The van der Waals surface area contributed by atoms with Crippen molar-refractivity contribution in [1.82, 2.24) is 14.9 Å². The molecule has 0 radical (unpaired) electrons. The molecule has 4 rings (SSSR count). The van der Waals surface area contributed by atoms with Crippen LogP contribution in [0, 0.1) is 0 Å². The molecule has 1 aliphatic rings. The summed E-state index contributed by atoms with van der Waals surface area (Å²) in [5.41, 5.74) is 11.4. The average Bonchev–Trinajstić information content (AvgIpc) is 2.69. The lowest BCUT2D eigenvalue weighted by atomic mass is 10.1. The summed E-state index contributed by atoms with van der Waals surface area (Å²) in [6.07, 6.45) is 0.775. The smallest absolute Gasteiger partial charge is 0.255 e. The van der Waals surface area contributed by atoms with Crippen molar-refractivity contribution in [3.63, 3.8) is 0 Å². The van der Waals surface area contributed by atoms with Crippen LogP contribution in [-0.4, -0.2) is 35.5 Å². The average molecular weight is 375 g/mol. The largest absolute Gasteiger partial charge is 0.399 e. The fourth-order valence-corrected chi connectivity index (χ4v) is 3.55. The minimum absolute atomic E-state index is 0.0514. The van der Waals surface area contributed by atoms with Crippen LogP contribution in [0.5, 0.6) is 0 Å². The van der Waals surface area contributed by atoms with Gasteiger partial charge in [0, 0.05) is 57.1 Å². The van der Waals surface area contributed by atoms with Gasteiger partial charge in [-0.3, -0.25) is 9.69 Å². The zero-order valence-corrected chi connectivity index (χ0v) is 16.3. The SMILES string of the molecule is CN(C)c1ccc(CN2CCc3nc(-c4ccc(N)cc4)[nH]c(=O)c3C2)cc1. The molecule has 3 N–H and O–H groups in total. The van der Waals surface area contributed by atoms with Crippen LogP contribution in [0.4, 0.5) is 11.4 Å². The number of nitrogens with two attached hydrogens (primary N) is 1. The number of hydrogen-bond acceptors (Lipinski definition) is 5. The molecule has 1 aromatic heterocycles. The lowest BCUT2D eigenvalue weighted by Gasteiger charge is -2.28. The molecule has 0 amide bonds.